The molecular weight excluding hydrogens is 365 g/mol. The van der Waals surface area contributed by atoms with Crippen LogP contribution in [-0.4, -0.2) is 5.78 Å². The highest BCUT2D eigenvalue weighted by Crippen LogP contribution is 2.40. The maximum Gasteiger partial charge on any atom is 0.416 e. The molecule has 92 valence electrons. The van der Waals surface area contributed by atoms with E-state index in [1.165, 1.54) is 0 Å². The Kier molecular flexibility index (Phi) is 3.38. The number of hydrogen-bond donors (Lipinski definition) is 0. The van der Waals surface area contributed by atoms with Crippen LogP contribution in [0.3, 0.4) is 0 Å². The van der Waals surface area contributed by atoms with Crippen molar-refractivity contribution < 1.29 is 18.0 Å². The smallest absolute Gasteiger partial charge is 0.294 e. The van der Waals surface area contributed by atoms with Crippen LogP contribution in [0.5, 0.6) is 0 Å². The first-order chi connectivity index (χ1) is 7.80. The summed E-state index contributed by atoms with van der Waals surface area (Å²) >= 11 is 6.17. The Labute approximate surface area is 113 Å². The van der Waals surface area contributed by atoms with Gasteiger partial charge in [-0.1, -0.05) is 0 Å². The molecule has 0 aromatic heterocycles. The minimum Gasteiger partial charge on any atom is -0.294 e. The number of benzene rings is 1. The fourth-order valence-corrected chi connectivity index (χ4v) is 2.38. The predicted molar refractivity (Wildman–Crippen MR) is 63.9 cm³/mol. The van der Waals surface area contributed by atoms with Crippen molar-refractivity contribution in [3.63, 3.8) is 0 Å². The molecule has 1 nitrogen and oxygen atoms in total. The summed E-state index contributed by atoms with van der Waals surface area (Å²) in [5.41, 5.74) is -0.703. The van der Waals surface area contributed by atoms with E-state index >= 15 is 0 Å². The summed E-state index contributed by atoms with van der Waals surface area (Å²) in [6, 6.07) is 1.88. The zero-order chi connectivity index (χ0) is 12.8. The Morgan fingerprint density at radius 2 is 1.82 bits per heavy atom. The maximum atomic E-state index is 12.6. The molecule has 1 aliphatic carbocycles. The first-order valence-corrected chi connectivity index (χ1v) is 6.49. The molecule has 0 bridgehead atoms. The Bertz CT molecular complexity index is 478. The second kappa shape index (κ2) is 4.39. The van der Waals surface area contributed by atoms with Gasteiger partial charge >= 0.3 is 6.18 Å². The summed E-state index contributed by atoms with van der Waals surface area (Å²) in [7, 11) is 0. The molecule has 1 fully saturated rings. The fourth-order valence-electron chi connectivity index (χ4n) is 1.50. The molecule has 0 unspecified atom stereocenters. The van der Waals surface area contributed by atoms with Gasteiger partial charge in [-0.15, -0.1) is 0 Å². The van der Waals surface area contributed by atoms with E-state index in [9.17, 15) is 18.0 Å². The van der Waals surface area contributed by atoms with E-state index in [1.807, 2.05) is 0 Å². The summed E-state index contributed by atoms with van der Waals surface area (Å²) in [6.07, 6.45) is -2.92. The largest absolute Gasteiger partial charge is 0.416 e. The van der Waals surface area contributed by atoms with Crippen LogP contribution in [0.1, 0.15) is 28.8 Å². The van der Waals surface area contributed by atoms with Gasteiger partial charge in [-0.2, -0.15) is 13.2 Å². The van der Waals surface area contributed by atoms with E-state index < -0.39 is 11.7 Å². The highest BCUT2D eigenvalue weighted by atomic mass is 79.9. The molecule has 1 aromatic rings. The van der Waals surface area contributed by atoms with Gasteiger partial charge in [0.15, 0.2) is 5.78 Å². The normalized spacial score (nSPS) is 16.1. The molecule has 0 amide bonds. The van der Waals surface area contributed by atoms with Gasteiger partial charge in [0, 0.05) is 20.4 Å². The molecule has 1 aliphatic rings. The van der Waals surface area contributed by atoms with Crippen LogP contribution < -0.4 is 0 Å². The Morgan fingerprint density at radius 1 is 1.24 bits per heavy atom. The third-order valence-electron chi connectivity index (χ3n) is 2.57. The number of carbonyl (C=O) groups is 1. The van der Waals surface area contributed by atoms with Crippen LogP contribution in [0.25, 0.3) is 0 Å². The Hall–Kier alpha value is -0.360. The van der Waals surface area contributed by atoms with E-state index in [2.05, 4.69) is 31.9 Å². The molecule has 2 rings (SSSR count). The van der Waals surface area contributed by atoms with E-state index in [0.29, 0.717) is 4.47 Å². The molecule has 0 spiro atoms. The van der Waals surface area contributed by atoms with E-state index in [0.717, 1.165) is 25.0 Å². The molecule has 0 radical (unpaired) electrons. The summed E-state index contributed by atoms with van der Waals surface area (Å²) < 4.78 is 38.5. The lowest BCUT2D eigenvalue weighted by molar-refractivity contribution is -0.137. The average Bonchev–Trinajstić information content (AvgIpc) is 3.02. The number of halogens is 5. The zero-order valence-corrected chi connectivity index (χ0v) is 11.6. The quantitative estimate of drug-likeness (QED) is 0.681. The predicted octanol–water partition coefficient (Wildman–Crippen LogP) is 4.82. The van der Waals surface area contributed by atoms with Gasteiger partial charge in [0.05, 0.1) is 5.56 Å². The van der Waals surface area contributed by atoms with Crippen LogP contribution in [0.2, 0.25) is 0 Å². The van der Waals surface area contributed by atoms with Crippen molar-refractivity contribution in [1.29, 1.82) is 0 Å². The monoisotopic (exact) mass is 370 g/mol. The van der Waals surface area contributed by atoms with Gasteiger partial charge in [0.1, 0.15) is 0 Å². The van der Waals surface area contributed by atoms with Crippen molar-refractivity contribution in [3.05, 3.63) is 32.2 Å². The first-order valence-electron chi connectivity index (χ1n) is 4.91. The minimum absolute atomic E-state index is 0.106. The molecule has 1 saturated carbocycles. The zero-order valence-electron chi connectivity index (χ0n) is 8.44. The number of alkyl halides is 3. The number of rotatable bonds is 2. The van der Waals surface area contributed by atoms with Crippen LogP contribution in [0, 0.1) is 5.92 Å². The summed E-state index contributed by atoms with van der Waals surface area (Å²) in [5.74, 6) is -0.328. The van der Waals surface area contributed by atoms with Crippen molar-refractivity contribution in [2.24, 2.45) is 5.92 Å². The topological polar surface area (TPSA) is 17.1 Å². The van der Waals surface area contributed by atoms with Crippen LogP contribution in [-0.2, 0) is 6.18 Å². The van der Waals surface area contributed by atoms with Crippen LogP contribution >= 0.6 is 31.9 Å². The molecule has 0 atom stereocenters. The lowest BCUT2D eigenvalue weighted by Gasteiger charge is -2.11. The molecule has 0 saturated heterocycles. The standard InChI is InChI=1S/C11H7Br2F3O/c12-8-4-6(11(14,15)16)3-7(9(8)13)10(17)5-1-2-5/h3-5H,1-2H2. The number of carbonyl (C=O) groups excluding carboxylic acids is 1. The molecule has 0 heterocycles. The van der Waals surface area contributed by atoms with Gasteiger partial charge in [-0.05, 0) is 56.8 Å². The Balaban J connectivity index is 2.50. The second-order valence-corrected chi connectivity index (χ2v) is 5.60. The third-order valence-corrected chi connectivity index (χ3v) is 4.58. The third kappa shape index (κ3) is 2.73. The lowest BCUT2D eigenvalue weighted by atomic mass is 10.0. The van der Waals surface area contributed by atoms with Gasteiger partial charge in [0.2, 0.25) is 0 Å². The van der Waals surface area contributed by atoms with Gasteiger partial charge in [0.25, 0.3) is 0 Å². The van der Waals surface area contributed by atoms with Gasteiger partial charge in [-0.3, -0.25) is 4.79 Å². The van der Waals surface area contributed by atoms with Gasteiger partial charge in [-0.25, -0.2) is 0 Å². The number of ketones is 1. The highest BCUT2D eigenvalue weighted by molar-refractivity contribution is 9.13. The van der Waals surface area contributed by atoms with Crippen molar-refractivity contribution in [2.45, 2.75) is 19.0 Å². The summed E-state index contributed by atoms with van der Waals surface area (Å²) in [6.45, 7) is 0. The van der Waals surface area contributed by atoms with Gasteiger partial charge < -0.3 is 0 Å². The van der Waals surface area contributed by atoms with E-state index in [4.69, 9.17) is 0 Å². The van der Waals surface area contributed by atoms with Crippen molar-refractivity contribution in [2.75, 3.05) is 0 Å². The highest BCUT2D eigenvalue weighted by Gasteiger charge is 2.36. The molecule has 0 N–H and O–H groups in total. The summed E-state index contributed by atoms with van der Waals surface area (Å²) in [5, 5.41) is 0. The molecule has 6 heteroatoms. The van der Waals surface area contributed by atoms with Crippen molar-refractivity contribution in [3.8, 4) is 0 Å². The van der Waals surface area contributed by atoms with Crippen LogP contribution in [0.4, 0.5) is 13.2 Å². The van der Waals surface area contributed by atoms with Crippen LogP contribution in [0.15, 0.2) is 21.1 Å². The average molecular weight is 372 g/mol. The molecule has 1 aromatic carbocycles. The SMILES string of the molecule is O=C(c1cc(C(F)(F)F)cc(Br)c1Br)C1CC1. The minimum atomic E-state index is -4.44. The molecular formula is C11H7Br2F3O. The second-order valence-electron chi connectivity index (χ2n) is 3.96. The first kappa shape index (κ1) is 13.1. The Morgan fingerprint density at radius 3 is 2.29 bits per heavy atom. The molecule has 0 aliphatic heterocycles. The lowest BCUT2D eigenvalue weighted by Crippen LogP contribution is -2.09. The van der Waals surface area contributed by atoms with Crippen molar-refractivity contribution in [1.82, 2.24) is 0 Å². The van der Waals surface area contributed by atoms with E-state index in [-0.39, 0.29) is 21.7 Å². The van der Waals surface area contributed by atoms with E-state index in [1.54, 1.807) is 0 Å². The number of hydrogen-bond acceptors (Lipinski definition) is 1. The number of Topliss-reactive ketones (excluding diaryl/α,β-unsaturated/α-hetero) is 1. The van der Waals surface area contributed by atoms with Crippen molar-refractivity contribution >= 4 is 37.6 Å². The molecule has 17 heavy (non-hydrogen) atoms. The summed E-state index contributed by atoms with van der Waals surface area (Å²) in [4.78, 5) is 11.8. The fraction of sp³-hybridized carbons (Fsp3) is 0.364. The maximum absolute atomic E-state index is 12.6.